The fourth-order valence-corrected chi connectivity index (χ4v) is 30.4. The maximum atomic E-state index is 13.5. The summed E-state index contributed by atoms with van der Waals surface area (Å²) in [5.74, 6) is -0.323. The Morgan fingerprint density at radius 2 is 0.617 bits per heavy atom. The van der Waals surface area contributed by atoms with Gasteiger partial charge in [0.15, 0.2) is 0 Å². The van der Waals surface area contributed by atoms with E-state index in [1.807, 2.05) is 54.5 Å². The van der Waals surface area contributed by atoms with Crippen molar-refractivity contribution < 1.29 is 92.1 Å². The van der Waals surface area contributed by atoms with Gasteiger partial charge >= 0.3 is 0 Å². The minimum atomic E-state index is -3.90. The number of nitrogens with one attached hydrogen (secondary N) is 5. The van der Waals surface area contributed by atoms with Crippen molar-refractivity contribution in [2.75, 3.05) is 61.5 Å². The molecule has 5 saturated heterocycles. The number of carbonyl (C=O) groups is 5. The van der Waals surface area contributed by atoms with Gasteiger partial charge in [0.25, 0.3) is 29.5 Å². The van der Waals surface area contributed by atoms with Gasteiger partial charge in [0, 0.05) is 90.6 Å². The van der Waals surface area contributed by atoms with Crippen LogP contribution in [0.25, 0.3) is 0 Å². The third-order valence-corrected chi connectivity index (χ3v) is 37.2. The Labute approximate surface area is 706 Å². The Bertz CT molecular complexity index is 4840. The molecule has 115 heavy (non-hydrogen) atoms. The van der Waals surface area contributed by atoms with Gasteiger partial charge in [-0.25, -0.2) is 69.5 Å². The summed E-state index contributed by atoms with van der Waals surface area (Å²) >= 11 is 10.9. The lowest BCUT2D eigenvalue weighted by Crippen LogP contribution is -2.61. The molecule has 0 aliphatic carbocycles. The van der Waals surface area contributed by atoms with Gasteiger partial charge in [0.05, 0.1) is 24.5 Å². The summed E-state index contributed by atoms with van der Waals surface area (Å²) in [7, 11) is -19.2. The zero-order valence-corrected chi connectivity index (χ0v) is 76.9. The number of hydroxylamine groups is 5. The highest BCUT2D eigenvalue weighted by Crippen LogP contribution is 2.44. The highest BCUT2D eigenvalue weighted by atomic mass is 79.9. The minimum absolute atomic E-state index is 0.139. The molecule has 5 fully saturated rings. The maximum Gasteiger partial charge on any atom is 0.263 e. The van der Waals surface area contributed by atoms with Gasteiger partial charge in [-0.05, 0) is 192 Å². The van der Waals surface area contributed by atoms with Gasteiger partial charge in [-0.3, -0.25) is 50.0 Å². The number of sulfonamides is 5. The van der Waals surface area contributed by atoms with E-state index in [0.29, 0.717) is 51.1 Å². The van der Waals surface area contributed by atoms with Crippen LogP contribution in [0.4, 0.5) is 0 Å². The van der Waals surface area contributed by atoms with Gasteiger partial charge in [-0.1, -0.05) is 96.0 Å². The number of halogens is 1. The first-order chi connectivity index (χ1) is 53.3. The number of carbonyl (C=O) groups excluding carboxylic acids is 5. The van der Waals surface area contributed by atoms with Crippen molar-refractivity contribution in [1.82, 2.24) is 48.9 Å². The van der Waals surface area contributed by atoms with E-state index < -0.39 is 134 Å². The third kappa shape index (κ3) is 22.8. The zero-order valence-electron chi connectivity index (χ0n) is 67.2. The first-order valence-corrected chi connectivity index (χ1v) is 49.5. The summed E-state index contributed by atoms with van der Waals surface area (Å²) in [6.07, 6.45) is 0. The molecule has 5 unspecified atom stereocenters. The molecule has 5 amide bonds. The Morgan fingerprint density at radius 1 is 0.383 bits per heavy atom. The number of hydrogen-bond acceptors (Lipinski definition) is 25. The molecule has 0 spiro atoms. The van der Waals surface area contributed by atoms with Gasteiger partial charge in [0.1, 0.15) is 30.2 Å². The lowest BCUT2D eigenvalue weighted by molar-refractivity contribution is -0.134. The van der Waals surface area contributed by atoms with Crippen LogP contribution in [0.5, 0.6) is 0 Å². The summed E-state index contributed by atoms with van der Waals surface area (Å²) in [5, 5.41) is 45.7. The molecule has 5 aliphatic heterocycles. The van der Waals surface area contributed by atoms with E-state index in [2.05, 4.69) is 15.9 Å². The number of rotatable bonds is 17. The van der Waals surface area contributed by atoms with E-state index in [0.717, 1.165) is 27.8 Å². The number of thioether (sulfide) groups is 5. The number of benzene rings is 5. The topological polar surface area (TPSA) is 434 Å². The molecule has 5 aromatic carbocycles. The molecule has 0 aromatic heterocycles. The molecule has 41 heteroatoms. The summed E-state index contributed by atoms with van der Waals surface area (Å²) in [5.41, 5.74) is 14.2. The Balaban J connectivity index is 0.000000224. The Morgan fingerprint density at radius 3 is 0.861 bits per heavy atom. The van der Waals surface area contributed by atoms with Crippen molar-refractivity contribution >= 4 is 154 Å². The molecular formula is C74H107BrN10O20S10. The van der Waals surface area contributed by atoms with E-state index in [9.17, 15) is 66.1 Å². The van der Waals surface area contributed by atoms with Crippen LogP contribution in [0.3, 0.4) is 0 Å². The normalized spacial score (nSPS) is 21.9. The van der Waals surface area contributed by atoms with Crippen LogP contribution in [-0.4, -0.2) is 235 Å². The fraction of sp³-hybridized carbons (Fsp3) is 0.527. The molecule has 10 N–H and O–H groups in total. The highest BCUT2D eigenvalue weighted by Gasteiger charge is 2.54. The average molecular weight is 1860 g/mol. The summed E-state index contributed by atoms with van der Waals surface area (Å²) < 4.78 is 133. The molecule has 0 bridgehead atoms. The Hall–Kier alpha value is -4.97. The monoisotopic (exact) mass is 1850 g/mol. The van der Waals surface area contributed by atoms with E-state index >= 15 is 0 Å². The van der Waals surface area contributed by atoms with Gasteiger partial charge in [-0.15, -0.1) is 0 Å². The van der Waals surface area contributed by atoms with E-state index in [-0.39, 0.29) is 57.2 Å². The SMILES string of the molecule is CC(C)c1ccc(S(=O)(=O)N2CCSC(C)(C)C2C(=O)NO)cc1.CC1(C)SCCN(S(=O)(=O)c2ccc(CBr)cc2)C1C(=O)NO.CC1(C)SCCN(S(=O)(=O)c2ccccc2)C1C(=O)NO.Cc1cc(C)c(C)c(S(=O)(=O)N2CCSC(C)(C)C2C(=O)NO)c1C.Cc1ccc(S(=O)(=O)N2CCSC(C)(C)C2C(=O)NO)cc1. The zero-order chi connectivity index (χ0) is 86.7. The minimum Gasteiger partial charge on any atom is -0.289 e. The van der Waals surface area contributed by atoms with Crippen molar-refractivity contribution in [2.24, 2.45) is 0 Å². The first-order valence-electron chi connectivity index (χ1n) is 36.2. The van der Waals surface area contributed by atoms with E-state index in [4.69, 9.17) is 26.0 Å². The highest BCUT2D eigenvalue weighted by molar-refractivity contribution is 9.08. The number of aryl methyl sites for hydroxylation is 3. The lowest BCUT2D eigenvalue weighted by atomic mass is 10.0. The van der Waals surface area contributed by atoms with E-state index in [1.165, 1.54) is 117 Å². The molecule has 0 saturated carbocycles. The molecule has 640 valence electrons. The molecular weight excluding hydrogens is 1750 g/mol. The van der Waals surface area contributed by atoms with Crippen LogP contribution in [0.2, 0.25) is 0 Å². The van der Waals surface area contributed by atoms with Crippen LogP contribution in [0, 0.1) is 34.6 Å². The molecule has 5 atom stereocenters. The van der Waals surface area contributed by atoms with Crippen molar-refractivity contribution in [3.8, 4) is 0 Å². The van der Waals surface area contributed by atoms with Crippen LogP contribution in [0.1, 0.15) is 128 Å². The fourth-order valence-electron chi connectivity index (χ4n) is 13.9. The summed E-state index contributed by atoms with van der Waals surface area (Å²) in [6, 6.07) is 24.9. The van der Waals surface area contributed by atoms with Crippen LogP contribution >= 0.6 is 74.7 Å². The molecule has 5 aliphatic rings. The largest absolute Gasteiger partial charge is 0.289 e. The molecule has 0 radical (unpaired) electrons. The van der Waals surface area contributed by atoms with Crippen molar-refractivity contribution in [2.45, 2.75) is 207 Å². The second-order valence-electron chi connectivity index (χ2n) is 30.4. The summed E-state index contributed by atoms with van der Waals surface area (Å²) in [6.45, 7) is 32.5. The second-order valence-corrected chi connectivity index (χ2v) is 49.1. The predicted molar refractivity (Wildman–Crippen MR) is 453 cm³/mol. The first kappa shape index (κ1) is 98.9. The van der Waals surface area contributed by atoms with Crippen molar-refractivity contribution in [1.29, 1.82) is 0 Å². The van der Waals surface area contributed by atoms with Gasteiger partial charge in [-0.2, -0.15) is 80.3 Å². The lowest BCUT2D eigenvalue weighted by Gasteiger charge is -2.43. The number of amides is 5. The average Bonchev–Trinajstić information content (AvgIpc) is 0.386. The van der Waals surface area contributed by atoms with Crippen LogP contribution in [-0.2, 0) is 79.4 Å². The van der Waals surface area contributed by atoms with E-state index in [1.54, 1.807) is 163 Å². The molecule has 5 heterocycles. The van der Waals surface area contributed by atoms with Crippen LogP contribution < -0.4 is 27.4 Å². The third-order valence-electron chi connectivity index (χ3n) is 20.1. The molecule has 10 rings (SSSR count). The maximum absolute atomic E-state index is 13.5. The Kier molecular flexibility index (Phi) is 34.5. The standard InChI is InChI=1S/C17H26N2O4S2.C16H24N2O4S2.C14H19BrN2O4S2.C14H20N2O4S2.C13H18N2O4S2/c1-10-9-11(2)13(4)14(12(10)3)25(22,23)19-7-8-24-17(5,6)15(19)16(20)18-21;1-11(2)12-5-7-13(8-6-12)24(21,22)18-9-10-23-16(3,4)14(18)15(19)17-20;1-14(2)12(13(18)16-19)17(7-8-22-14)23(20,21)11-5-3-10(9-15)4-6-11;1-10-4-6-11(7-5-10)22(19,20)16-8-9-21-14(2,3)12(16)13(17)15-18;1-13(2)11(12(16)14-17)15(8-9-20-13)21(18,19)10-6-4-3-5-7-10/h9,15,21H,7-8H2,1-6H3,(H,18,20);5-8,11,14,20H,9-10H2,1-4H3,(H,17,19);3-6,12,19H,7-9H2,1-2H3,(H,16,18);4-7,12,18H,8-9H2,1-3H3,(H,15,17);3-7,11,17H,8-9H2,1-2H3,(H,14,16). The van der Waals surface area contributed by atoms with Crippen molar-refractivity contribution in [3.63, 3.8) is 0 Å². The molecule has 30 nitrogen and oxygen atoms in total. The number of nitrogens with zero attached hydrogens (tertiary/aromatic N) is 5. The number of alkyl halides is 1. The smallest absolute Gasteiger partial charge is 0.263 e. The van der Waals surface area contributed by atoms with Crippen LogP contribution in [0.15, 0.2) is 134 Å². The molecule has 5 aromatic rings. The van der Waals surface area contributed by atoms with Crippen molar-refractivity contribution in [3.05, 3.63) is 148 Å². The predicted octanol–water partition coefficient (Wildman–Crippen LogP) is 8.94. The summed E-state index contributed by atoms with van der Waals surface area (Å²) in [4.78, 5) is 61.4. The number of hydrogen-bond donors (Lipinski definition) is 10. The second kappa shape index (κ2) is 40.1. The van der Waals surface area contributed by atoms with Gasteiger partial charge in [0.2, 0.25) is 50.1 Å². The quantitative estimate of drug-likeness (QED) is 0.0236. The van der Waals surface area contributed by atoms with Gasteiger partial charge < -0.3 is 0 Å².